The predicted molar refractivity (Wildman–Crippen MR) is 30.4 cm³/mol. The van der Waals surface area contributed by atoms with Crippen LogP contribution in [-0.4, -0.2) is 27.9 Å². The Morgan fingerprint density at radius 3 is 2.00 bits per heavy atom. The molecule has 0 aromatic rings. The summed E-state index contributed by atoms with van der Waals surface area (Å²) < 4.78 is 0. The van der Waals surface area contributed by atoms with Crippen molar-refractivity contribution < 1.29 is 15.0 Å². The number of carboxylic acids is 1. The van der Waals surface area contributed by atoms with Gasteiger partial charge in [0.15, 0.2) is 5.66 Å². The fraction of sp³-hybridized carbons (Fsp3) is 0.750. The number of carboxylic acid groups (broad SMARTS) is 1. The van der Waals surface area contributed by atoms with E-state index in [4.69, 9.17) is 21.7 Å². The van der Waals surface area contributed by atoms with E-state index in [0.29, 0.717) is 0 Å². The highest BCUT2D eigenvalue weighted by Crippen LogP contribution is 1.97. The van der Waals surface area contributed by atoms with Gasteiger partial charge in [-0.2, -0.15) is 0 Å². The van der Waals surface area contributed by atoms with E-state index in [-0.39, 0.29) is 0 Å². The van der Waals surface area contributed by atoms with Crippen molar-refractivity contribution in [3.63, 3.8) is 0 Å². The van der Waals surface area contributed by atoms with E-state index in [0.717, 1.165) is 0 Å². The minimum Gasteiger partial charge on any atom is -0.479 e. The minimum absolute atomic E-state index is 1.22. The summed E-state index contributed by atoms with van der Waals surface area (Å²) in [5, 5.41) is 16.8. The van der Waals surface area contributed by atoms with Crippen LogP contribution in [0.5, 0.6) is 0 Å². The molecule has 0 spiro atoms. The molecule has 0 amide bonds. The van der Waals surface area contributed by atoms with Gasteiger partial charge in [-0.25, -0.2) is 4.79 Å². The van der Waals surface area contributed by atoms with Crippen molar-refractivity contribution in [2.45, 2.75) is 18.7 Å². The Morgan fingerprint density at radius 1 is 1.67 bits per heavy atom. The van der Waals surface area contributed by atoms with Crippen molar-refractivity contribution in [2.75, 3.05) is 0 Å². The molecular formula is C4H10N2O3. The molecular weight excluding hydrogens is 124 g/mol. The zero-order valence-electron chi connectivity index (χ0n) is 5.03. The molecule has 0 fully saturated rings. The van der Waals surface area contributed by atoms with Gasteiger partial charge in [-0.1, -0.05) is 0 Å². The van der Waals surface area contributed by atoms with Crippen molar-refractivity contribution in [3.8, 4) is 0 Å². The second kappa shape index (κ2) is 2.30. The molecule has 6 N–H and O–H groups in total. The Balaban J connectivity index is 4.19. The number of rotatable bonds is 2. The molecule has 0 radical (unpaired) electrons. The van der Waals surface area contributed by atoms with Gasteiger partial charge in [-0.3, -0.25) is 0 Å². The molecule has 0 saturated heterocycles. The van der Waals surface area contributed by atoms with Gasteiger partial charge in [-0.15, -0.1) is 0 Å². The van der Waals surface area contributed by atoms with E-state index >= 15 is 0 Å². The van der Waals surface area contributed by atoms with E-state index < -0.39 is 17.7 Å². The third-order valence-corrected chi connectivity index (χ3v) is 1.06. The summed E-state index contributed by atoms with van der Waals surface area (Å²) in [6.07, 6.45) is -1.25. The lowest BCUT2D eigenvalue weighted by Crippen LogP contribution is -2.63. The lowest BCUT2D eigenvalue weighted by atomic mass is 10.1. The number of aliphatic hydroxyl groups excluding tert-OH is 1. The molecule has 0 aliphatic rings. The quantitative estimate of drug-likeness (QED) is 0.329. The number of carbonyl (C=O) groups is 1. The molecule has 0 rings (SSSR count). The molecule has 0 aromatic carbocycles. The van der Waals surface area contributed by atoms with Gasteiger partial charge in [0, 0.05) is 0 Å². The molecule has 54 valence electrons. The van der Waals surface area contributed by atoms with Gasteiger partial charge >= 0.3 is 5.97 Å². The minimum atomic E-state index is -2.03. The number of nitrogens with two attached hydrogens (primary N) is 2. The zero-order chi connectivity index (χ0) is 7.65. The monoisotopic (exact) mass is 134 g/mol. The first-order chi connectivity index (χ1) is 3.89. The lowest BCUT2D eigenvalue weighted by molar-refractivity contribution is -0.147. The molecule has 0 unspecified atom stereocenters. The van der Waals surface area contributed by atoms with Gasteiger partial charge in [0.25, 0.3) is 0 Å². The Labute approximate surface area is 52.3 Å². The molecule has 0 heterocycles. The van der Waals surface area contributed by atoms with Gasteiger partial charge < -0.3 is 21.7 Å². The number of aliphatic carboxylic acids is 1. The van der Waals surface area contributed by atoms with Crippen LogP contribution in [0.1, 0.15) is 6.92 Å². The van der Waals surface area contributed by atoms with Gasteiger partial charge in [0.05, 0.1) is 6.10 Å². The fourth-order valence-corrected chi connectivity index (χ4v) is 0.179. The standard InChI is InChI=1S/C4H10N2O3/c1-2(7)4(5,6)3(8)9/h2,7H,5-6H2,1H3,(H,8,9)/t2-/m1/s1. The first kappa shape index (κ1) is 8.35. The van der Waals surface area contributed by atoms with E-state index in [9.17, 15) is 4.79 Å². The van der Waals surface area contributed by atoms with Crippen molar-refractivity contribution in [1.29, 1.82) is 0 Å². The van der Waals surface area contributed by atoms with Crippen LogP contribution < -0.4 is 11.5 Å². The predicted octanol–water partition coefficient (Wildman–Crippen LogP) is -1.93. The Bertz CT molecular complexity index is 121. The van der Waals surface area contributed by atoms with Crippen LogP contribution in [0.2, 0.25) is 0 Å². The summed E-state index contributed by atoms with van der Waals surface area (Å²) in [5.74, 6) is -1.42. The highest BCUT2D eigenvalue weighted by Gasteiger charge is 2.34. The fourth-order valence-electron chi connectivity index (χ4n) is 0.179. The van der Waals surface area contributed by atoms with Crippen molar-refractivity contribution in [1.82, 2.24) is 0 Å². The van der Waals surface area contributed by atoms with E-state index in [1.165, 1.54) is 6.92 Å². The molecule has 1 atom stereocenters. The van der Waals surface area contributed by atoms with Crippen LogP contribution in [0.25, 0.3) is 0 Å². The lowest BCUT2D eigenvalue weighted by Gasteiger charge is -2.21. The highest BCUT2D eigenvalue weighted by molar-refractivity contribution is 5.78. The summed E-state index contributed by atoms with van der Waals surface area (Å²) in [4.78, 5) is 10.1. The number of hydrogen-bond donors (Lipinski definition) is 4. The summed E-state index contributed by atoms with van der Waals surface area (Å²) in [6, 6.07) is 0. The Kier molecular flexibility index (Phi) is 2.13. The van der Waals surface area contributed by atoms with Gasteiger partial charge in [0.2, 0.25) is 0 Å². The van der Waals surface area contributed by atoms with E-state index in [1.807, 2.05) is 0 Å². The first-order valence-electron chi connectivity index (χ1n) is 2.38. The van der Waals surface area contributed by atoms with E-state index in [1.54, 1.807) is 0 Å². The second-order valence-corrected chi connectivity index (χ2v) is 1.91. The maximum Gasteiger partial charge on any atom is 0.341 e. The topological polar surface area (TPSA) is 110 Å². The number of aliphatic hydroxyl groups is 1. The molecule has 9 heavy (non-hydrogen) atoms. The SMILES string of the molecule is C[C@@H](O)C(N)(N)C(=O)O. The van der Waals surface area contributed by atoms with Gasteiger partial charge in [0.1, 0.15) is 0 Å². The maximum atomic E-state index is 10.1. The zero-order valence-corrected chi connectivity index (χ0v) is 5.03. The molecule has 5 heteroatoms. The number of hydrogen-bond acceptors (Lipinski definition) is 4. The average molecular weight is 134 g/mol. The highest BCUT2D eigenvalue weighted by atomic mass is 16.4. The van der Waals surface area contributed by atoms with Crippen LogP contribution in [0.3, 0.4) is 0 Å². The largest absolute Gasteiger partial charge is 0.479 e. The molecule has 5 nitrogen and oxygen atoms in total. The van der Waals surface area contributed by atoms with Crippen LogP contribution in [0, 0.1) is 0 Å². The first-order valence-corrected chi connectivity index (χ1v) is 2.38. The van der Waals surface area contributed by atoms with Gasteiger partial charge in [-0.05, 0) is 6.92 Å². The molecule has 0 bridgehead atoms. The summed E-state index contributed by atoms with van der Waals surface area (Å²) in [5.41, 5.74) is 7.83. The molecule has 0 aromatic heterocycles. The van der Waals surface area contributed by atoms with Crippen LogP contribution >= 0.6 is 0 Å². The summed E-state index contributed by atoms with van der Waals surface area (Å²) >= 11 is 0. The van der Waals surface area contributed by atoms with Crippen LogP contribution in [0.15, 0.2) is 0 Å². The molecule has 0 aliphatic carbocycles. The van der Waals surface area contributed by atoms with Crippen molar-refractivity contribution >= 4 is 5.97 Å². The maximum absolute atomic E-state index is 10.1. The summed E-state index contributed by atoms with van der Waals surface area (Å²) in [6.45, 7) is 1.22. The second-order valence-electron chi connectivity index (χ2n) is 1.91. The van der Waals surface area contributed by atoms with Crippen molar-refractivity contribution in [2.24, 2.45) is 11.5 Å². The van der Waals surface area contributed by atoms with Crippen LogP contribution in [0.4, 0.5) is 0 Å². The van der Waals surface area contributed by atoms with Crippen molar-refractivity contribution in [3.05, 3.63) is 0 Å². The average Bonchev–Trinajstić information content (AvgIpc) is 1.65. The normalized spacial score (nSPS) is 15.1. The Morgan fingerprint density at radius 2 is 2.00 bits per heavy atom. The third-order valence-electron chi connectivity index (χ3n) is 1.06. The third kappa shape index (κ3) is 1.63. The smallest absolute Gasteiger partial charge is 0.341 e. The summed E-state index contributed by atoms with van der Waals surface area (Å²) in [7, 11) is 0. The van der Waals surface area contributed by atoms with Crippen LogP contribution in [-0.2, 0) is 4.79 Å². The van der Waals surface area contributed by atoms with E-state index in [2.05, 4.69) is 0 Å². The molecule has 0 saturated carbocycles. The Hall–Kier alpha value is -0.650. The molecule has 0 aliphatic heterocycles.